The van der Waals surface area contributed by atoms with Gasteiger partial charge in [0.25, 0.3) is 5.91 Å². The number of nitrogens with one attached hydrogen (secondary N) is 2. The molecule has 2 rings (SSSR count). The monoisotopic (exact) mass is 246 g/mol. The number of carboxylic acid groups (broad SMARTS) is 1. The number of aromatic carboxylic acids is 1. The van der Waals surface area contributed by atoms with Gasteiger partial charge in [0.15, 0.2) is 0 Å². The van der Waals surface area contributed by atoms with Crippen LogP contribution in [0.2, 0.25) is 0 Å². The van der Waals surface area contributed by atoms with E-state index < -0.39 is 5.97 Å². The molecule has 0 aliphatic carbocycles. The number of nitrogens with zero attached hydrogens (tertiary/aromatic N) is 2. The van der Waals surface area contributed by atoms with Crippen molar-refractivity contribution in [3.05, 3.63) is 47.8 Å². The minimum Gasteiger partial charge on any atom is -0.477 e. The SMILES string of the molecule is O=C(NCc1ncc[nH]1)c1ccc(C(=O)O)nc1. The lowest BCUT2D eigenvalue weighted by atomic mass is 10.2. The van der Waals surface area contributed by atoms with Crippen molar-refractivity contribution in [3.8, 4) is 0 Å². The normalized spacial score (nSPS) is 10.0. The number of aromatic nitrogens is 3. The molecule has 92 valence electrons. The van der Waals surface area contributed by atoms with Gasteiger partial charge in [0.05, 0.1) is 12.1 Å². The Bertz CT molecular complexity index is 548. The Morgan fingerprint density at radius 3 is 2.72 bits per heavy atom. The zero-order valence-electron chi connectivity index (χ0n) is 9.25. The number of amides is 1. The molecule has 0 saturated heterocycles. The van der Waals surface area contributed by atoms with E-state index in [1.54, 1.807) is 12.4 Å². The molecule has 0 fully saturated rings. The Morgan fingerprint density at radius 1 is 1.33 bits per heavy atom. The summed E-state index contributed by atoms with van der Waals surface area (Å²) in [6, 6.07) is 2.69. The van der Waals surface area contributed by atoms with Gasteiger partial charge in [0.1, 0.15) is 11.5 Å². The van der Waals surface area contributed by atoms with Gasteiger partial charge < -0.3 is 15.4 Å². The summed E-state index contributed by atoms with van der Waals surface area (Å²) in [7, 11) is 0. The van der Waals surface area contributed by atoms with E-state index in [4.69, 9.17) is 5.11 Å². The van der Waals surface area contributed by atoms with Gasteiger partial charge in [-0.25, -0.2) is 14.8 Å². The highest BCUT2D eigenvalue weighted by Gasteiger charge is 2.09. The van der Waals surface area contributed by atoms with Crippen molar-refractivity contribution in [3.63, 3.8) is 0 Å². The van der Waals surface area contributed by atoms with Gasteiger partial charge in [-0.05, 0) is 12.1 Å². The van der Waals surface area contributed by atoms with E-state index in [0.717, 1.165) is 0 Å². The molecule has 7 nitrogen and oxygen atoms in total. The molecule has 0 aromatic carbocycles. The van der Waals surface area contributed by atoms with Crippen LogP contribution < -0.4 is 5.32 Å². The maximum absolute atomic E-state index is 11.7. The van der Waals surface area contributed by atoms with Crippen molar-refractivity contribution in [2.24, 2.45) is 0 Å². The van der Waals surface area contributed by atoms with E-state index in [9.17, 15) is 9.59 Å². The molecule has 0 aliphatic rings. The summed E-state index contributed by atoms with van der Waals surface area (Å²) in [6.07, 6.45) is 4.47. The number of carbonyl (C=O) groups is 2. The molecule has 1 amide bonds. The minimum atomic E-state index is -1.13. The number of pyridine rings is 1. The van der Waals surface area contributed by atoms with E-state index in [1.165, 1.54) is 18.3 Å². The van der Waals surface area contributed by atoms with Crippen molar-refractivity contribution < 1.29 is 14.7 Å². The van der Waals surface area contributed by atoms with Crippen molar-refractivity contribution in [2.75, 3.05) is 0 Å². The van der Waals surface area contributed by atoms with E-state index in [-0.39, 0.29) is 18.1 Å². The van der Waals surface area contributed by atoms with E-state index in [1.807, 2.05) is 0 Å². The van der Waals surface area contributed by atoms with Gasteiger partial charge >= 0.3 is 5.97 Å². The molecule has 0 radical (unpaired) electrons. The zero-order chi connectivity index (χ0) is 13.0. The summed E-state index contributed by atoms with van der Waals surface area (Å²) >= 11 is 0. The average molecular weight is 246 g/mol. The topological polar surface area (TPSA) is 108 Å². The quantitative estimate of drug-likeness (QED) is 0.725. The van der Waals surface area contributed by atoms with Crippen LogP contribution in [0.25, 0.3) is 0 Å². The fourth-order valence-electron chi connectivity index (χ4n) is 1.32. The molecule has 2 aromatic rings. The molecular formula is C11H10N4O3. The first-order valence-electron chi connectivity index (χ1n) is 5.12. The number of hydrogen-bond acceptors (Lipinski definition) is 4. The van der Waals surface area contributed by atoms with Crippen molar-refractivity contribution in [1.82, 2.24) is 20.3 Å². The largest absolute Gasteiger partial charge is 0.477 e. The number of H-pyrrole nitrogens is 1. The second kappa shape index (κ2) is 5.09. The fourth-order valence-corrected chi connectivity index (χ4v) is 1.32. The second-order valence-electron chi connectivity index (χ2n) is 3.46. The lowest BCUT2D eigenvalue weighted by Crippen LogP contribution is -2.23. The molecule has 7 heteroatoms. The molecule has 3 N–H and O–H groups in total. The summed E-state index contributed by atoms with van der Waals surface area (Å²) < 4.78 is 0. The third-order valence-electron chi connectivity index (χ3n) is 2.22. The van der Waals surface area contributed by atoms with Crippen LogP contribution in [0.1, 0.15) is 26.7 Å². The van der Waals surface area contributed by atoms with Crippen LogP contribution in [-0.4, -0.2) is 31.9 Å². The Hall–Kier alpha value is -2.70. The van der Waals surface area contributed by atoms with Crippen LogP contribution >= 0.6 is 0 Å². The minimum absolute atomic E-state index is 0.0995. The van der Waals surface area contributed by atoms with Crippen molar-refractivity contribution in [2.45, 2.75) is 6.54 Å². The molecule has 0 unspecified atom stereocenters. The average Bonchev–Trinajstić information content (AvgIpc) is 2.89. The summed E-state index contributed by atoms with van der Waals surface area (Å²) in [5.41, 5.74) is 0.198. The summed E-state index contributed by atoms with van der Waals surface area (Å²) in [5, 5.41) is 11.3. The lowest BCUT2D eigenvalue weighted by molar-refractivity contribution is 0.0689. The van der Waals surface area contributed by atoms with E-state index >= 15 is 0 Å². The van der Waals surface area contributed by atoms with Crippen LogP contribution in [0.15, 0.2) is 30.7 Å². The van der Waals surface area contributed by atoms with Gasteiger partial charge in [0.2, 0.25) is 0 Å². The highest BCUT2D eigenvalue weighted by atomic mass is 16.4. The molecule has 0 saturated carbocycles. The maximum atomic E-state index is 11.7. The number of carbonyl (C=O) groups excluding carboxylic acids is 1. The highest BCUT2D eigenvalue weighted by Crippen LogP contribution is 2.01. The fraction of sp³-hybridized carbons (Fsp3) is 0.0909. The summed E-state index contributed by atoms with van der Waals surface area (Å²) in [4.78, 5) is 32.7. The number of aromatic amines is 1. The van der Waals surface area contributed by atoms with Gasteiger partial charge in [-0.15, -0.1) is 0 Å². The molecule has 18 heavy (non-hydrogen) atoms. The maximum Gasteiger partial charge on any atom is 0.354 e. The Morgan fingerprint density at radius 2 is 2.17 bits per heavy atom. The Kier molecular flexibility index (Phi) is 3.33. The highest BCUT2D eigenvalue weighted by molar-refractivity contribution is 5.94. The third kappa shape index (κ3) is 2.70. The van der Waals surface area contributed by atoms with Gasteiger partial charge in [-0.3, -0.25) is 4.79 Å². The van der Waals surface area contributed by atoms with Crippen LogP contribution in [0, 0.1) is 0 Å². The molecule has 0 atom stereocenters. The smallest absolute Gasteiger partial charge is 0.354 e. The number of carboxylic acids is 1. The molecule has 0 spiro atoms. The zero-order valence-corrected chi connectivity index (χ0v) is 9.25. The first-order valence-corrected chi connectivity index (χ1v) is 5.12. The molecule has 0 aliphatic heterocycles. The summed E-state index contributed by atoms with van der Waals surface area (Å²) in [5.74, 6) is -0.827. The third-order valence-corrected chi connectivity index (χ3v) is 2.22. The van der Waals surface area contributed by atoms with Gasteiger partial charge in [0, 0.05) is 18.6 Å². The molecule has 0 bridgehead atoms. The van der Waals surface area contributed by atoms with E-state index in [2.05, 4.69) is 20.3 Å². The van der Waals surface area contributed by atoms with Crippen LogP contribution in [-0.2, 0) is 6.54 Å². The van der Waals surface area contributed by atoms with E-state index in [0.29, 0.717) is 11.4 Å². The number of imidazole rings is 1. The predicted octanol–water partition coefficient (Wildman–Crippen LogP) is 0.433. The molecule has 2 heterocycles. The van der Waals surface area contributed by atoms with Crippen molar-refractivity contribution >= 4 is 11.9 Å². The first kappa shape index (κ1) is 11.8. The van der Waals surface area contributed by atoms with Crippen LogP contribution in [0.4, 0.5) is 0 Å². The first-order chi connectivity index (χ1) is 8.66. The lowest BCUT2D eigenvalue weighted by Gasteiger charge is -2.03. The van der Waals surface area contributed by atoms with Gasteiger partial charge in [-0.1, -0.05) is 0 Å². The molecular weight excluding hydrogens is 236 g/mol. The second-order valence-corrected chi connectivity index (χ2v) is 3.46. The number of hydrogen-bond donors (Lipinski definition) is 3. The predicted molar refractivity (Wildman–Crippen MR) is 61.0 cm³/mol. The number of rotatable bonds is 4. The van der Waals surface area contributed by atoms with Gasteiger partial charge in [-0.2, -0.15) is 0 Å². The van der Waals surface area contributed by atoms with Crippen LogP contribution in [0.3, 0.4) is 0 Å². The van der Waals surface area contributed by atoms with Crippen molar-refractivity contribution in [1.29, 1.82) is 0 Å². The van der Waals surface area contributed by atoms with Crippen LogP contribution in [0.5, 0.6) is 0 Å². The standard InChI is InChI=1S/C11H10N4O3/c16-10(15-6-9-12-3-4-13-9)7-1-2-8(11(17)18)14-5-7/h1-5H,6H2,(H,12,13)(H,15,16)(H,17,18). The Balaban J connectivity index is 1.98. The molecule has 2 aromatic heterocycles. The Labute approximate surface area is 102 Å². The summed E-state index contributed by atoms with van der Waals surface area (Å²) in [6.45, 7) is 0.270.